The number of hydrogen-bond acceptors (Lipinski definition) is 5. The van der Waals surface area contributed by atoms with Gasteiger partial charge in [0.1, 0.15) is 6.61 Å². The zero-order valence-corrected chi connectivity index (χ0v) is 32.1. The standard InChI is InChI=1S/C40H72O5Si/c1-8-10-12-14-15-16-17-18-22-28-35(44-38-30-24-25-31-42-38)32-37(45-46(6,7)40(3,4)5)36(29-23-13-11-9-2)39(41)43-33-34-26-20-19-21-27-34/h19-21,26-27,35-38H,8-18,22-25,28-33H2,1-7H3/t35-,36+,37+,38?/m1/s1. The molecule has 4 atom stereocenters. The average Bonchev–Trinajstić information content (AvgIpc) is 3.03. The van der Waals surface area contributed by atoms with Gasteiger partial charge >= 0.3 is 5.97 Å². The fourth-order valence-electron chi connectivity index (χ4n) is 6.15. The summed E-state index contributed by atoms with van der Waals surface area (Å²) in [4.78, 5) is 14.0. The van der Waals surface area contributed by atoms with Crippen LogP contribution in [0.25, 0.3) is 0 Å². The molecule has 266 valence electrons. The first-order valence-corrected chi connectivity index (χ1v) is 22.1. The van der Waals surface area contributed by atoms with Crippen molar-refractivity contribution in [3.63, 3.8) is 0 Å². The zero-order valence-electron chi connectivity index (χ0n) is 31.1. The molecular weight excluding hydrogens is 589 g/mol. The van der Waals surface area contributed by atoms with Gasteiger partial charge in [-0.1, -0.05) is 148 Å². The Hall–Kier alpha value is -1.21. The molecule has 0 bridgehead atoms. The first kappa shape index (κ1) is 41.0. The number of carbonyl (C=O) groups excluding carboxylic acids is 1. The van der Waals surface area contributed by atoms with Gasteiger partial charge in [0.05, 0.1) is 18.1 Å². The Labute approximate surface area is 285 Å². The number of rotatable bonds is 25. The predicted octanol–water partition coefficient (Wildman–Crippen LogP) is 11.9. The van der Waals surface area contributed by atoms with E-state index in [1.54, 1.807) is 0 Å². The van der Waals surface area contributed by atoms with Crippen molar-refractivity contribution >= 4 is 14.3 Å². The van der Waals surface area contributed by atoms with Gasteiger partial charge in [0.15, 0.2) is 14.6 Å². The van der Waals surface area contributed by atoms with Gasteiger partial charge in [-0.25, -0.2) is 0 Å². The maximum atomic E-state index is 14.0. The smallest absolute Gasteiger partial charge is 0.311 e. The SMILES string of the molecule is CCCCCCCCCCC[C@H](C[C@H](O[Si](C)(C)C(C)(C)C)[C@H](CCCCCC)C(=O)OCc1ccccc1)OC1CCCCO1. The lowest BCUT2D eigenvalue weighted by atomic mass is 9.90. The minimum absolute atomic E-state index is 0.00230. The third kappa shape index (κ3) is 16.7. The minimum Gasteiger partial charge on any atom is -0.461 e. The second-order valence-electron chi connectivity index (χ2n) is 15.4. The molecule has 0 saturated carbocycles. The second kappa shape index (κ2) is 23.2. The highest BCUT2D eigenvalue weighted by atomic mass is 28.4. The van der Waals surface area contributed by atoms with Gasteiger partial charge in [-0.15, -0.1) is 0 Å². The van der Waals surface area contributed by atoms with E-state index in [2.05, 4.69) is 47.7 Å². The van der Waals surface area contributed by atoms with Crippen molar-refractivity contribution in [1.82, 2.24) is 0 Å². The van der Waals surface area contributed by atoms with Crippen molar-refractivity contribution < 1.29 is 23.4 Å². The topological polar surface area (TPSA) is 54.0 Å². The Balaban J connectivity index is 2.23. The fourth-order valence-corrected chi connectivity index (χ4v) is 7.52. The molecule has 0 spiro atoms. The quantitative estimate of drug-likeness (QED) is 0.0593. The monoisotopic (exact) mass is 661 g/mol. The van der Waals surface area contributed by atoms with Crippen LogP contribution in [0.3, 0.4) is 0 Å². The summed E-state index contributed by atoms with van der Waals surface area (Å²) in [5.74, 6) is -0.434. The maximum absolute atomic E-state index is 14.0. The van der Waals surface area contributed by atoms with Crippen molar-refractivity contribution in [3.8, 4) is 0 Å². The van der Waals surface area contributed by atoms with Crippen LogP contribution in [0, 0.1) is 5.92 Å². The van der Waals surface area contributed by atoms with Crippen LogP contribution in [0.15, 0.2) is 30.3 Å². The summed E-state index contributed by atoms with van der Waals surface area (Å²) >= 11 is 0. The molecule has 0 aromatic heterocycles. The molecule has 1 aliphatic rings. The number of carbonyl (C=O) groups is 1. The van der Waals surface area contributed by atoms with E-state index in [0.29, 0.717) is 13.0 Å². The lowest BCUT2D eigenvalue weighted by Gasteiger charge is -2.42. The number of ether oxygens (including phenoxy) is 3. The van der Waals surface area contributed by atoms with Crippen LogP contribution in [-0.4, -0.2) is 39.4 Å². The molecule has 1 fully saturated rings. The van der Waals surface area contributed by atoms with Crippen LogP contribution in [0.2, 0.25) is 18.1 Å². The largest absolute Gasteiger partial charge is 0.461 e. The van der Waals surface area contributed by atoms with E-state index in [1.807, 2.05) is 30.3 Å². The molecule has 6 heteroatoms. The van der Waals surface area contributed by atoms with E-state index in [0.717, 1.165) is 63.5 Å². The van der Waals surface area contributed by atoms with Gasteiger partial charge in [-0.3, -0.25) is 4.79 Å². The van der Waals surface area contributed by atoms with Crippen molar-refractivity contribution in [2.75, 3.05) is 6.61 Å². The molecule has 0 aliphatic carbocycles. The second-order valence-corrected chi connectivity index (χ2v) is 20.1. The fraction of sp³-hybridized carbons (Fsp3) is 0.825. The lowest BCUT2D eigenvalue weighted by Crippen LogP contribution is -2.48. The molecule has 1 aromatic carbocycles. The Morgan fingerprint density at radius 1 is 0.848 bits per heavy atom. The van der Waals surface area contributed by atoms with Crippen LogP contribution in [0.4, 0.5) is 0 Å². The number of benzene rings is 1. The number of hydrogen-bond donors (Lipinski definition) is 0. The number of esters is 1. The maximum Gasteiger partial charge on any atom is 0.311 e. The van der Waals surface area contributed by atoms with Crippen LogP contribution < -0.4 is 0 Å². The molecule has 0 N–H and O–H groups in total. The highest BCUT2D eigenvalue weighted by molar-refractivity contribution is 6.74. The van der Waals surface area contributed by atoms with E-state index in [9.17, 15) is 4.79 Å². The highest BCUT2D eigenvalue weighted by Gasteiger charge is 2.43. The van der Waals surface area contributed by atoms with Gasteiger partial charge in [0.25, 0.3) is 0 Å². The summed E-state index contributed by atoms with van der Waals surface area (Å²) in [6.45, 7) is 17.1. The number of unbranched alkanes of at least 4 members (excludes halogenated alkanes) is 11. The van der Waals surface area contributed by atoms with Crippen molar-refractivity contribution in [2.24, 2.45) is 5.92 Å². The molecule has 1 aromatic rings. The third-order valence-electron chi connectivity index (χ3n) is 10.2. The van der Waals surface area contributed by atoms with Gasteiger partial charge in [-0.2, -0.15) is 0 Å². The molecule has 1 heterocycles. The summed E-state index contributed by atoms with van der Waals surface area (Å²) in [6, 6.07) is 10.0. The van der Waals surface area contributed by atoms with Crippen LogP contribution in [0.5, 0.6) is 0 Å². The Morgan fingerprint density at radius 3 is 2.02 bits per heavy atom. The normalized spacial score (nSPS) is 17.8. The predicted molar refractivity (Wildman–Crippen MR) is 195 cm³/mol. The first-order chi connectivity index (χ1) is 22.1. The van der Waals surface area contributed by atoms with Crippen molar-refractivity contribution in [2.45, 2.75) is 200 Å². The van der Waals surface area contributed by atoms with Crippen molar-refractivity contribution in [1.29, 1.82) is 0 Å². The van der Waals surface area contributed by atoms with Crippen LogP contribution >= 0.6 is 0 Å². The summed E-state index contributed by atoms with van der Waals surface area (Å²) in [6.07, 6.45) is 21.5. The van der Waals surface area contributed by atoms with E-state index < -0.39 is 8.32 Å². The summed E-state index contributed by atoms with van der Waals surface area (Å²) in [7, 11) is -2.19. The van der Waals surface area contributed by atoms with Gasteiger partial charge in [0.2, 0.25) is 0 Å². The first-order valence-electron chi connectivity index (χ1n) is 19.2. The highest BCUT2D eigenvalue weighted by Crippen LogP contribution is 2.40. The van der Waals surface area contributed by atoms with Crippen LogP contribution in [0.1, 0.15) is 162 Å². The molecule has 1 unspecified atom stereocenters. The molecule has 1 saturated heterocycles. The minimum atomic E-state index is -2.19. The third-order valence-corrected chi connectivity index (χ3v) is 14.7. The Bertz CT molecular complexity index is 893. The van der Waals surface area contributed by atoms with Crippen LogP contribution in [-0.2, 0) is 30.0 Å². The summed E-state index contributed by atoms with van der Waals surface area (Å²) in [5.41, 5.74) is 1.02. The van der Waals surface area contributed by atoms with Crippen molar-refractivity contribution in [3.05, 3.63) is 35.9 Å². The molecule has 2 rings (SSSR count). The molecule has 1 aliphatic heterocycles. The zero-order chi connectivity index (χ0) is 33.7. The molecule has 46 heavy (non-hydrogen) atoms. The summed E-state index contributed by atoms with van der Waals surface area (Å²) < 4.78 is 26.1. The Kier molecular flexibility index (Phi) is 20.7. The van der Waals surface area contributed by atoms with Gasteiger partial charge < -0.3 is 18.6 Å². The lowest BCUT2D eigenvalue weighted by molar-refractivity contribution is -0.196. The molecule has 0 radical (unpaired) electrons. The average molecular weight is 661 g/mol. The summed E-state index contributed by atoms with van der Waals surface area (Å²) in [5, 5.41) is 0.0336. The Morgan fingerprint density at radius 2 is 1.43 bits per heavy atom. The molecular formula is C40H72O5Si. The van der Waals surface area contributed by atoms with E-state index in [-0.39, 0.29) is 35.4 Å². The molecule has 5 nitrogen and oxygen atoms in total. The van der Waals surface area contributed by atoms with Gasteiger partial charge in [0, 0.05) is 6.61 Å². The van der Waals surface area contributed by atoms with E-state index in [4.69, 9.17) is 18.6 Å². The van der Waals surface area contributed by atoms with Gasteiger partial charge in [-0.05, 0) is 62.2 Å². The van der Waals surface area contributed by atoms with E-state index >= 15 is 0 Å². The van der Waals surface area contributed by atoms with E-state index in [1.165, 1.54) is 64.2 Å². The molecule has 0 amide bonds.